The van der Waals surface area contributed by atoms with Gasteiger partial charge >= 0.3 is 0 Å². The highest BCUT2D eigenvalue weighted by Crippen LogP contribution is 2.25. The molecule has 2 atom stereocenters. The van der Waals surface area contributed by atoms with Crippen LogP contribution in [0.25, 0.3) is 16.9 Å². The van der Waals surface area contributed by atoms with Gasteiger partial charge in [0.25, 0.3) is 0 Å². The van der Waals surface area contributed by atoms with Crippen LogP contribution < -0.4 is 5.73 Å². The summed E-state index contributed by atoms with van der Waals surface area (Å²) in [4.78, 5) is 8.23. The molecule has 0 bridgehead atoms. The number of pyridine rings is 1. The lowest BCUT2D eigenvalue weighted by Crippen LogP contribution is -2.21. The lowest BCUT2D eigenvalue weighted by Gasteiger charge is -2.15. The third kappa shape index (κ3) is 4.63. The van der Waals surface area contributed by atoms with Crippen molar-refractivity contribution >= 4 is 11.5 Å². The van der Waals surface area contributed by atoms with E-state index >= 15 is 0 Å². The normalized spacial score (nSPS) is 17.8. The lowest BCUT2D eigenvalue weighted by molar-refractivity contribution is -0.00535. The molecule has 3 aromatic heterocycles. The Morgan fingerprint density at radius 2 is 2.18 bits per heavy atom. The predicted molar refractivity (Wildman–Crippen MR) is 105 cm³/mol. The first-order valence-electron chi connectivity index (χ1n) is 9.51. The van der Waals surface area contributed by atoms with Gasteiger partial charge in [-0.1, -0.05) is 19.9 Å². The van der Waals surface area contributed by atoms with Crippen LogP contribution in [0.1, 0.15) is 44.6 Å². The number of aliphatic hydroxyl groups excluding tert-OH is 1. The van der Waals surface area contributed by atoms with E-state index in [2.05, 4.69) is 28.9 Å². The maximum atomic E-state index is 13.9. The van der Waals surface area contributed by atoms with Gasteiger partial charge in [0.05, 0.1) is 30.3 Å². The largest absolute Gasteiger partial charge is 0.391 e. The molecule has 1 aliphatic rings. The fourth-order valence-corrected chi connectivity index (χ4v) is 2.96. The molecule has 4 rings (SSSR count). The monoisotopic (exact) mass is 387 g/mol. The molecule has 3 N–H and O–H groups in total. The first-order chi connectivity index (χ1) is 13.5. The molecule has 7 nitrogen and oxygen atoms in total. The van der Waals surface area contributed by atoms with E-state index in [0.29, 0.717) is 23.9 Å². The molecule has 2 unspecified atom stereocenters. The number of nitrogens with two attached hydrogens (primary N) is 1. The average molecular weight is 387 g/mol. The minimum atomic E-state index is -0.391. The quantitative estimate of drug-likeness (QED) is 0.716. The highest BCUT2D eigenvalue weighted by atomic mass is 19.1. The van der Waals surface area contributed by atoms with Crippen molar-refractivity contribution in [3.63, 3.8) is 0 Å². The summed E-state index contributed by atoms with van der Waals surface area (Å²) in [5, 5.41) is 12.8. The summed E-state index contributed by atoms with van der Waals surface area (Å²) in [7, 11) is 0. The molecule has 3 aromatic rings. The number of ether oxygens (including phenoxy) is 1. The van der Waals surface area contributed by atoms with Crippen LogP contribution in [0.4, 0.5) is 10.3 Å². The summed E-state index contributed by atoms with van der Waals surface area (Å²) in [6.07, 6.45) is 5.99. The van der Waals surface area contributed by atoms with Crippen LogP contribution in [0.15, 0.2) is 30.6 Å². The number of halogens is 1. The topological polar surface area (TPSA) is 98.6 Å². The van der Waals surface area contributed by atoms with E-state index in [0.717, 1.165) is 31.4 Å². The zero-order valence-corrected chi connectivity index (χ0v) is 16.2. The van der Waals surface area contributed by atoms with Crippen LogP contribution >= 0.6 is 0 Å². The molecule has 1 aliphatic heterocycles. The number of aliphatic hydroxyl groups is 1. The average Bonchev–Trinajstić information content (AvgIpc) is 3.04. The van der Waals surface area contributed by atoms with E-state index in [1.807, 2.05) is 18.3 Å². The zero-order valence-electron chi connectivity index (χ0n) is 16.2. The van der Waals surface area contributed by atoms with Crippen molar-refractivity contribution in [2.75, 3.05) is 18.9 Å². The third-order valence-electron chi connectivity index (χ3n) is 4.85. The molecule has 0 amide bonds. The molecule has 0 radical (unpaired) electrons. The van der Waals surface area contributed by atoms with Gasteiger partial charge < -0.3 is 15.6 Å². The number of rotatable bonds is 3. The number of hydrogen-bond acceptors (Lipinski definition) is 6. The summed E-state index contributed by atoms with van der Waals surface area (Å²) in [6, 6.07) is 5.29. The van der Waals surface area contributed by atoms with E-state index < -0.39 is 5.82 Å². The molecule has 0 aliphatic carbocycles. The second kappa shape index (κ2) is 9.07. The van der Waals surface area contributed by atoms with Crippen molar-refractivity contribution < 1.29 is 14.2 Å². The van der Waals surface area contributed by atoms with Crippen molar-refractivity contribution in [3.8, 4) is 11.4 Å². The Hall–Kier alpha value is -2.58. The minimum absolute atomic E-state index is 0.0931. The van der Waals surface area contributed by atoms with Gasteiger partial charge in [0.2, 0.25) is 5.95 Å². The first-order valence-corrected chi connectivity index (χ1v) is 9.51. The standard InChI is InChI=1S/C15H16FN5.C5H10O2/c1-3-9(2)10-4-5-12(18-7-10)13-6-11(16)14-8-19-15(17)20-21(13)14;6-5-2-1-3-7-4-5/h4-9H,3H2,1-2H3,(H2,17,20);5-6H,1-4H2. The van der Waals surface area contributed by atoms with E-state index in [9.17, 15) is 4.39 Å². The molecule has 1 fully saturated rings. The summed E-state index contributed by atoms with van der Waals surface area (Å²) in [5.74, 6) is 0.152. The van der Waals surface area contributed by atoms with Crippen LogP contribution in [0.5, 0.6) is 0 Å². The van der Waals surface area contributed by atoms with Gasteiger partial charge in [0.1, 0.15) is 5.52 Å². The highest BCUT2D eigenvalue weighted by Gasteiger charge is 2.14. The van der Waals surface area contributed by atoms with E-state index in [1.165, 1.54) is 16.8 Å². The van der Waals surface area contributed by atoms with Gasteiger partial charge in [-0.05, 0) is 36.8 Å². The van der Waals surface area contributed by atoms with Crippen molar-refractivity contribution in [2.45, 2.75) is 45.1 Å². The van der Waals surface area contributed by atoms with Gasteiger partial charge in [-0.25, -0.2) is 13.9 Å². The number of anilines is 1. The predicted octanol–water partition coefficient (Wildman–Crippen LogP) is 3.18. The second-order valence-electron chi connectivity index (χ2n) is 6.95. The Kier molecular flexibility index (Phi) is 6.53. The van der Waals surface area contributed by atoms with Crippen LogP contribution in [-0.2, 0) is 4.74 Å². The molecule has 0 aromatic carbocycles. The maximum Gasteiger partial charge on any atom is 0.238 e. The molecule has 0 spiro atoms. The molecular weight excluding hydrogens is 361 g/mol. The van der Waals surface area contributed by atoms with Crippen molar-refractivity contribution in [1.82, 2.24) is 19.6 Å². The Morgan fingerprint density at radius 3 is 2.75 bits per heavy atom. The molecule has 0 saturated carbocycles. The number of nitrogens with zero attached hydrogens (tertiary/aromatic N) is 4. The first kappa shape index (κ1) is 20.2. The van der Waals surface area contributed by atoms with E-state index in [-0.39, 0.29) is 17.6 Å². The SMILES string of the molecule is CCC(C)c1ccc(-c2cc(F)c3cnc(N)nn23)nc1.OC1CCCOC1. The number of aromatic nitrogens is 4. The summed E-state index contributed by atoms with van der Waals surface area (Å²) in [6.45, 7) is 5.65. The molecule has 28 heavy (non-hydrogen) atoms. The van der Waals surface area contributed by atoms with Crippen LogP contribution in [-0.4, -0.2) is 44.0 Å². The molecule has 1 saturated heterocycles. The van der Waals surface area contributed by atoms with Crippen LogP contribution in [0.2, 0.25) is 0 Å². The maximum absolute atomic E-state index is 13.9. The van der Waals surface area contributed by atoms with Gasteiger partial charge in [0, 0.05) is 18.9 Å². The van der Waals surface area contributed by atoms with Gasteiger partial charge in [-0.3, -0.25) is 4.98 Å². The second-order valence-corrected chi connectivity index (χ2v) is 6.95. The van der Waals surface area contributed by atoms with Gasteiger partial charge in [0.15, 0.2) is 5.82 Å². The summed E-state index contributed by atoms with van der Waals surface area (Å²) >= 11 is 0. The Balaban J connectivity index is 0.000000271. The van der Waals surface area contributed by atoms with Crippen LogP contribution in [0.3, 0.4) is 0 Å². The third-order valence-corrected chi connectivity index (χ3v) is 4.85. The van der Waals surface area contributed by atoms with Crippen molar-refractivity contribution in [2.24, 2.45) is 0 Å². The van der Waals surface area contributed by atoms with E-state index in [4.69, 9.17) is 15.6 Å². The van der Waals surface area contributed by atoms with Crippen LogP contribution in [0, 0.1) is 5.82 Å². The zero-order chi connectivity index (χ0) is 20.1. The van der Waals surface area contributed by atoms with Gasteiger partial charge in [-0.15, -0.1) is 5.10 Å². The minimum Gasteiger partial charge on any atom is -0.391 e. The Morgan fingerprint density at radius 1 is 1.36 bits per heavy atom. The number of fused-ring (bicyclic) bond motifs is 1. The lowest BCUT2D eigenvalue weighted by atomic mass is 10.0. The van der Waals surface area contributed by atoms with Crippen molar-refractivity contribution in [1.29, 1.82) is 0 Å². The number of hydrogen-bond donors (Lipinski definition) is 2. The Labute approximate surface area is 163 Å². The fourth-order valence-electron chi connectivity index (χ4n) is 2.96. The Bertz CT molecular complexity index is 907. The fraction of sp³-hybridized carbons (Fsp3) is 0.450. The van der Waals surface area contributed by atoms with E-state index in [1.54, 1.807) is 0 Å². The number of nitrogen functional groups attached to an aromatic ring is 1. The molecular formula is C20H26FN5O2. The van der Waals surface area contributed by atoms with Gasteiger partial charge in [-0.2, -0.15) is 0 Å². The molecule has 4 heterocycles. The summed E-state index contributed by atoms with van der Waals surface area (Å²) in [5.41, 5.74) is 8.24. The smallest absolute Gasteiger partial charge is 0.238 e. The molecule has 150 valence electrons. The van der Waals surface area contributed by atoms with Crippen molar-refractivity contribution in [3.05, 3.63) is 42.0 Å². The molecule has 8 heteroatoms. The highest BCUT2D eigenvalue weighted by molar-refractivity contribution is 5.64. The summed E-state index contributed by atoms with van der Waals surface area (Å²) < 4.78 is 20.3.